The average molecular weight is 534 g/mol. The first-order chi connectivity index (χ1) is 16.5. The zero-order valence-corrected chi connectivity index (χ0v) is 21.3. The first kappa shape index (κ1) is 22.6. The fraction of sp³-hybridized carbons (Fsp3) is 0.185. The normalized spacial score (nSPS) is 17.6. The third kappa shape index (κ3) is 4.33. The lowest BCUT2D eigenvalue weighted by Gasteiger charge is -2.26. The van der Waals surface area contributed by atoms with Gasteiger partial charge in [-0.25, -0.2) is 0 Å². The second kappa shape index (κ2) is 9.60. The van der Waals surface area contributed by atoms with Crippen molar-refractivity contribution < 1.29 is 9.15 Å². The highest BCUT2D eigenvalue weighted by molar-refractivity contribution is 9.10. The van der Waals surface area contributed by atoms with Crippen LogP contribution >= 0.6 is 28.1 Å². The summed E-state index contributed by atoms with van der Waals surface area (Å²) in [6.45, 7) is 4.69. The maximum atomic E-state index is 6.44. The zero-order valence-electron chi connectivity index (χ0n) is 18.9. The molecule has 0 amide bonds. The van der Waals surface area contributed by atoms with Crippen LogP contribution < -0.4 is 15.0 Å². The van der Waals surface area contributed by atoms with Crippen LogP contribution in [0.2, 0.25) is 0 Å². The summed E-state index contributed by atoms with van der Waals surface area (Å²) in [4.78, 5) is 6.73. The van der Waals surface area contributed by atoms with Crippen LogP contribution in [0.3, 0.4) is 0 Å². The lowest BCUT2D eigenvalue weighted by molar-refractivity contribution is 0.340. The number of ether oxygens (including phenoxy) is 1. The zero-order chi connectivity index (χ0) is 23.7. The van der Waals surface area contributed by atoms with Crippen LogP contribution in [-0.4, -0.2) is 16.7 Å². The van der Waals surface area contributed by atoms with Crippen molar-refractivity contribution in [1.29, 1.82) is 0 Å². The van der Waals surface area contributed by atoms with Crippen molar-refractivity contribution in [2.75, 3.05) is 11.5 Å². The summed E-state index contributed by atoms with van der Waals surface area (Å²) in [5.74, 6) is 2.45. The van der Waals surface area contributed by atoms with E-state index in [1.54, 1.807) is 6.20 Å². The fourth-order valence-corrected chi connectivity index (χ4v) is 4.84. The number of rotatable bonds is 6. The summed E-state index contributed by atoms with van der Waals surface area (Å²) in [6, 6.07) is 23.8. The fourth-order valence-electron chi connectivity index (χ4n) is 4.25. The van der Waals surface area contributed by atoms with Gasteiger partial charge in [-0.05, 0) is 98.4 Å². The van der Waals surface area contributed by atoms with Crippen LogP contribution in [0.1, 0.15) is 36.0 Å². The van der Waals surface area contributed by atoms with Gasteiger partial charge in [-0.2, -0.15) is 0 Å². The maximum absolute atomic E-state index is 6.44. The Labute approximate surface area is 212 Å². The summed E-state index contributed by atoms with van der Waals surface area (Å²) in [5.41, 5.74) is 4.03. The van der Waals surface area contributed by atoms with Gasteiger partial charge in [0.1, 0.15) is 23.3 Å². The highest BCUT2D eigenvalue weighted by Gasteiger charge is 2.42. The third-order valence-electron chi connectivity index (χ3n) is 5.89. The quantitative estimate of drug-likeness (QED) is 0.269. The van der Waals surface area contributed by atoms with Gasteiger partial charge in [-0.1, -0.05) is 22.0 Å². The van der Waals surface area contributed by atoms with Gasteiger partial charge in [0.2, 0.25) is 0 Å². The number of thiocarbonyl (C=S) groups is 1. The molecule has 7 heteroatoms. The standard InChI is InChI=1S/C27H24BrN3O2S/c1-3-32-20-10-7-18(8-11-20)23-13-14-24(33-23)26-25(22-6-4-5-15-29-22)30-27(34)31(26)19-9-12-21(28)17(2)16-19/h4-16,25-26H,3H2,1-2H3,(H,30,34)/t25-,26+/m0/s1. The Morgan fingerprint density at radius 1 is 1.09 bits per heavy atom. The molecule has 1 N–H and O–H groups in total. The van der Waals surface area contributed by atoms with Gasteiger partial charge < -0.3 is 19.4 Å². The monoisotopic (exact) mass is 533 g/mol. The topological polar surface area (TPSA) is 50.5 Å². The molecular formula is C27H24BrN3O2S. The molecule has 0 spiro atoms. The number of aromatic nitrogens is 1. The summed E-state index contributed by atoms with van der Waals surface area (Å²) in [6.07, 6.45) is 1.80. The number of nitrogens with one attached hydrogen (secondary N) is 1. The van der Waals surface area contributed by atoms with Crippen molar-refractivity contribution in [3.05, 3.63) is 100 Å². The molecule has 2 atom stereocenters. The van der Waals surface area contributed by atoms with Gasteiger partial charge >= 0.3 is 0 Å². The predicted octanol–water partition coefficient (Wildman–Crippen LogP) is 6.99. The Bertz CT molecular complexity index is 1310. The summed E-state index contributed by atoms with van der Waals surface area (Å²) >= 11 is 9.41. The van der Waals surface area contributed by atoms with E-state index in [9.17, 15) is 0 Å². The van der Waals surface area contributed by atoms with Gasteiger partial charge in [0.05, 0.1) is 18.3 Å². The van der Waals surface area contributed by atoms with Gasteiger partial charge in [0, 0.05) is 21.9 Å². The molecule has 1 aliphatic rings. The summed E-state index contributed by atoms with van der Waals surface area (Å²) in [7, 11) is 0. The van der Waals surface area contributed by atoms with Gasteiger partial charge in [-0.15, -0.1) is 0 Å². The van der Waals surface area contributed by atoms with Crippen LogP contribution in [0.5, 0.6) is 5.75 Å². The molecule has 0 radical (unpaired) electrons. The first-order valence-corrected chi connectivity index (χ1v) is 12.3. The molecule has 5 rings (SSSR count). The SMILES string of the molecule is CCOc1ccc(-c2ccc([C@@H]3[C@H](c4ccccn4)NC(=S)N3c3ccc(Br)c(C)c3)o2)cc1. The van der Waals surface area contributed by atoms with Crippen LogP contribution in [0.25, 0.3) is 11.3 Å². The number of hydrogen-bond donors (Lipinski definition) is 1. The Morgan fingerprint density at radius 2 is 1.91 bits per heavy atom. The third-order valence-corrected chi connectivity index (χ3v) is 7.09. The van der Waals surface area contributed by atoms with Crippen molar-refractivity contribution in [2.45, 2.75) is 25.9 Å². The van der Waals surface area contributed by atoms with E-state index in [2.05, 4.69) is 50.2 Å². The second-order valence-electron chi connectivity index (χ2n) is 8.09. The number of aryl methyl sites for hydroxylation is 1. The first-order valence-electron chi connectivity index (χ1n) is 11.1. The Kier molecular flexibility index (Phi) is 6.39. The number of anilines is 1. The van der Waals surface area contributed by atoms with E-state index in [-0.39, 0.29) is 12.1 Å². The predicted molar refractivity (Wildman–Crippen MR) is 142 cm³/mol. The largest absolute Gasteiger partial charge is 0.494 e. The molecule has 2 aromatic heterocycles. The molecule has 1 fully saturated rings. The van der Waals surface area contributed by atoms with Crippen molar-refractivity contribution in [1.82, 2.24) is 10.3 Å². The van der Waals surface area contributed by atoms with Gasteiger partial charge in [0.25, 0.3) is 0 Å². The minimum Gasteiger partial charge on any atom is -0.494 e. The van der Waals surface area contributed by atoms with E-state index >= 15 is 0 Å². The number of furan rings is 1. The molecule has 0 bridgehead atoms. The van der Waals surface area contributed by atoms with Gasteiger partial charge in [-0.3, -0.25) is 4.98 Å². The van der Waals surface area contributed by atoms with Crippen LogP contribution in [0, 0.1) is 6.92 Å². The number of benzene rings is 2. The van der Waals surface area contributed by atoms with E-state index in [4.69, 9.17) is 21.4 Å². The van der Waals surface area contributed by atoms with E-state index in [1.807, 2.05) is 67.6 Å². The Morgan fingerprint density at radius 3 is 2.62 bits per heavy atom. The van der Waals surface area contributed by atoms with Crippen molar-refractivity contribution in [3.8, 4) is 17.1 Å². The molecule has 34 heavy (non-hydrogen) atoms. The molecule has 2 aromatic carbocycles. The molecule has 0 saturated carbocycles. The highest BCUT2D eigenvalue weighted by Crippen LogP contribution is 2.43. The second-order valence-corrected chi connectivity index (χ2v) is 9.33. The van der Waals surface area contributed by atoms with E-state index in [0.29, 0.717) is 11.7 Å². The van der Waals surface area contributed by atoms with E-state index in [0.717, 1.165) is 44.3 Å². The van der Waals surface area contributed by atoms with E-state index in [1.165, 1.54) is 0 Å². The van der Waals surface area contributed by atoms with Gasteiger partial charge in [0.15, 0.2) is 5.11 Å². The van der Waals surface area contributed by atoms with Crippen molar-refractivity contribution in [3.63, 3.8) is 0 Å². The summed E-state index contributed by atoms with van der Waals surface area (Å²) < 4.78 is 13.1. The van der Waals surface area contributed by atoms with Crippen LogP contribution in [0.4, 0.5) is 5.69 Å². The minimum atomic E-state index is -0.195. The smallest absolute Gasteiger partial charge is 0.174 e. The Balaban J connectivity index is 1.55. The lowest BCUT2D eigenvalue weighted by Crippen LogP contribution is -2.29. The van der Waals surface area contributed by atoms with Crippen molar-refractivity contribution >= 4 is 38.9 Å². The average Bonchev–Trinajstić information content (AvgIpc) is 3.47. The molecule has 0 aliphatic carbocycles. The number of halogens is 1. The summed E-state index contributed by atoms with van der Waals surface area (Å²) in [5, 5.41) is 4.12. The lowest BCUT2D eigenvalue weighted by atomic mass is 10.0. The van der Waals surface area contributed by atoms with Crippen LogP contribution in [0.15, 0.2) is 87.9 Å². The molecule has 3 heterocycles. The Hall–Kier alpha value is -3.16. The van der Waals surface area contributed by atoms with Crippen LogP contribution in [-0.2, 0) is 0 Å². The molecule has 1 aliphatic heterocycles. The molecule has 5 nitrogen and oxygen atoms in total. The maximum Gasteiger partial charge on any atom is 0.174 e. The highest BCUT2D eigenvalue weighted by atomic mass is 79.9. The molecule has 4 aromatic rings. The molecule has 1 saturated heterocycles. The number of pyridine rings is 1. The van der Waals surface area contributed by atoms with Crippen molar-refractivity contribution in [2.24, 2.45) is 0 Å². The molecule has 0 unspecified atom stereocenters. The molecular weight excluding hydrogens is 510 g/mol. The number of hydrogen-bond acceptors (Lipinski definition) is 4. The minimum absolute atomic E-state index is 0.156. The van der Waals surface area contributed by atoms with E-state index < -0.39 is 0 Å². The number of nitrogens with zero attached hydrogens (tertiary/aromatic N) is 2. The molecule has 172 valence electrons.